The first-order valence-corrected chi connectivity index (χ1v) is 17.0. The van der Waals surface area contributed by atoms with Crippen LogP contribution in [0, 0.1) is 50.2 Å². The van der Waals surface area contributed by atoms with E-state index < -0.39 is 41.9 Å². The number of carbonyl (C=O) groups excluding carboxylic acids is 2. The molecule has 6 unspecified atom stereocenters. The maximum atomic E-state index is 14.7. The number of aliphatic hydroxyl groups excluding tert-OH is 3. The lowest BCUT2D eigenvalue weighted by molar-refractivity contribution is -0.231. The zero-order chi connectivity index (χ0) is 32.4. The second-order valence-corrected chi connectivity index (χ2v) is 17.7. The van der Waals surface area contributed by atoms with Crippen molar-refractivity contribution in [3.8, 4) is 0 Å². The van der Waals surface area contributed by atoms with Crippen molar-refractivity contribution in [3.05, 3.63) is 11.6 Å². The van der Waals surface area contributed by atoms with Gasteiger partial charge in [0, 0.05) is 17.3 Å². The van der Waals surface area contributed by atoms with Crippen LogP contribution >= 0.6 is 0 Å². The number of aliphatic hydroxyl groups is 3. The highest BCUT2D eigenvalue weighted by molar-refractivity contribution is 5.91. The maximum absolute atomic E-state index is 14.7. The van der Waals surface area contributed by atoms with Gasteiger partial charge in [0.15, 0.2) is 11.9 Å². The largest absolute Gasteiger partial charge is 0.479 e. The zero-order valence-corrected chi connectivity index (χ0v) is 27.7. The van der Waals surface area contributed by atoms with E-state index in [0.29, 0.717) is 36.9 Å². The average Bonchev–Trinajstić information content (AvgIpc) is 2.93. The molecule has 6 aliphatic rings. The van der Waals surface area contributed by atoms with Crippen LogP contribution in [0.5, 0.6) is 0 Å². The molecular weight excluding hydrogens is 560 g/mol. The van der Waals surface area contributed by atoms with Crippen LogP contribution in [-0.4, -0.2) is 68.5 Å². The number of ketones is 2. The highest BCUT2D eigenvalue weighted by Crippen LogP contribution is 2.75. The summed E-state index contributed by atoms with van der Waals surface area (Å²) in [6.45, 7) is 16.1. The first-order chi connectivity index (χ1) is 20.3. The Labute approximate surface area is 262 Å². The van der Waals surface area contributed by atoms with Crippen molar-refractivity contribution in [2.45, 2.75) is 143 Å². The molecule has 0 spiro atoms. The molecule has 246 valence electrons. The second-order valence-electron chi connectivity index (χ2n) is 17.7. The molecule has 4 N–H and O–H groups in total. The number of carboxylic acids is 1. The Morgan fingerprint density at radius 1 is 0.818 bits per heavy atom. The third-order valence-electron chi connectivity index (χ3n) is 15.0. The van der Waals surface area contributed by atoms with E-state index in [4.69, 9.17) is 4.74 Å². The smallest absolute Gasteiger partial charge is 0.335 e. The maximum Gasteiger partial charge on any atom is 0.335 e. The third kappa shape index (κ3) is 4.12. The lowest BCUT2D eigenvalue weighted by Crippen LogP contribution is -2.67. The van der Waals surface area contributed by atoms with Crippen LogP contribution in [0.25, 0.3) is 0 Å². The van der Waals surface area contributed by atoms with E-state index in [1.54, 1.807) is 0 Å². The standard InChI is InChI=1S/C36H54O8/c1-31(2)14-16-36(29(41)27-25(39)24(38)26(40)28(44-27)30(42)43)17-15-34(6)19(20(36)18-31)8-9-22-33(5)12-11-23(37)32(3,4)21(33)10-13-35(22,34)7/h8,20-22,24-28,38-40H,9-18H2,1-7H3,(H,42,43)/t20?,21?,22?,24?,25?,26-,27+,28?,33-,34+,35+,36-/m0/s1. The lowest BCUT2D eigenvalue weighted by Gasteiger charge is -2.70. The fourth-order valence-electron chi connectivity index (χ4n) is 12.1. The zero-order valence-electron chi connectivity index (χ0n) is 27.7. The molecule has 6 rings (SSSR count). The number of fused-ring (bicyclic) bond motifs is 7. The molecule has 0 aromatic carbocycles. The minimum absolute atomic E-state index is 0.00592. The number of aliphatic carboxylic acids is 1. The molecule has 0 aromatic rings. The molecule has 1 heterocycles. The highest BCUT2D eigenvalue weighted by Gasteiger charge is 2.70. The molecule has 5 aliphatic carbocycles. The molecule has 1 saturated heterocycles. The molecule has 8 nitrogen and oxygen atoms in total. The summed E-state index contributed by atoms with van der Waals surface area (Å²) < 4.78 is 5.66. The van der Waals surface area contributed by atoms with Gasteiger partial charge in [0.1, 0.15) is 30.2 Å². The van der Waals surface area contributed by atoms with Crippen LogP contribution in [0.3, 0.4) is 0 Å². The number of Topliss-reactive ketones (excluding diaryl/α,β-unsaturated/α-hetero) is 2. The number of hydrogen-bond acceptors (Lipinski definition) is 7. The van der Waals surface area contributed by atoms with Gasteiger partial charge in [-0.25, -0.2) is 4.79 Å². The molecule has 5 fully saturated rings. The second kappa shape index (κ2) is 9.95. The monoisotopic (exact) mass is 614 g/mol. The molecule has 0 radical (unpaired) electrons. The summed E-state index contributed by atoms with van der Waals surface area (Å²) in [5, 5.41) is 41.6. The van der Waals surface area contributed by atoms with Crippen molar-refractivity contribution in [3.63, 3.8) is 0 Å². The quantitative estimate of drug-likeness (QED) is 0.330. The summed E-state index contributed by atoms with van der Waals surface area (Å²) in [6, 6.07) is 0. The summed E-state index contributed by atoms with van der Waals surface area (Å²) in [5.41, 5.74) is 0.0444. The normalized spacial score (nSPS) is 51.1. The van der Waals surface area contributed by atoms with Gasteiger partial charge in [0.25, 0.3) is 0 Å². The number of ether oxygens (including phenoxy) is 1. The SMILES string of the molecule is CC1(C)CC[C@]2(C(=O)[C@@H]3OC(C(=O)O)[C@@H](O)C(O)C3O)CC[C@]3(C)C(=CCC4[C@@]5(C)CCC(=O)C(C)(C)C5CC[C@]43C)C2C1. The van der Waals surface area contributed by atoms with Crippen molar-refractivity contribution < 1.29 is 39.5 Å². The van der Waals surface area contributed by atoms with Crippen molar-refractivity contribution in [2.24, 2.45) is 50.2 Å². The van der Waals surface area contributed by atoms with Crippen LogP contribution < -0.4 is 0 Å². The Kier molecular flexibility index (Phi) is 7.31. The first-order valence-electron chi connectivity index (χ1n) is 17.0. The van der Waals surface area contributed by atoms with E-state index in [2.05, 4.69) is 54.5 Å². The summed E-state index contributed by atoms with van der Waals surface area (Å²) >= 11 is 0. The molecule has 44 heavy (non-hydrogen) atoms. The van der Waals surface area contributed by atoms with E-state index in [1.807, 2.05) is 0 Å². The molecule has 0 bridgehead atoms. The van der Waals surface area contributed by atoms with Gasteiger partial charge in [0.05, 0.1) is 0 Å². The Balaban J connectivity index is 1.41. The van der Waals surface area contributed by atoms with Gasteiger partial charge in [-0.1, -0.05) is 60.1 Å². The number of carboxylic acid groups (broad SMARTS) is 1. The first kappa shape index (κ1) is 32.3. The Morgan fingerprint density at radius 3 is 2.11 bits per heavy atom. The topological polar surface area (TPSA) is 141 Å². The Bertz CT molecular complexity index is 1280. The van der Waals surface area contributed by atoms with Crippen molar-refractivity contribution in [2.75, 3.05) is 0 Å². The van der Waals surface area contributed by atoms with E-state index in [0.717, 1.165) is 44.9 Å². The number of allylic oxidation sites excluding steroid dienone is 2. The molecule has 1 aliphatic heterocycles. The van der Waals surface area contributed by atoms with Gasteiger partial charge in [-0.15, -0.1) is 0 Å². The van der Waals surface area contributed by atoms with E-state index in [-0.39, 0.29) is 38.8 Å². The van der Waals surface area contributed by atoms with Crippen LogP contribution in [0.4, 0.5) is 0 Å². The van der Waals surface area contributed by atoms with Gasteiger partial charge >= 0.3 is 5.97 Å². The lowest BCUT2D eigenvalue weighted by atomic mass is 9.33. The fourth-order valence-corrected chi connectivity index (χ4v) is 12.1. The van der Waals surface area contributed by atoms with Crippen LogP contribution in [0.1, 0.15) is 113 Å². The summed E-state index contributed by atoms with van der Waals surface area (Å²) in [4.78, 5) is 39.7. The van der Waals surface area contributed by atoms with Gasteiger partial charge < -0.3 is 25.2 Å². The van der Waals surface area contributed by atoms with Crippen LogP contribution in [0.15, 0.2) is 11.6 Å². The number of hydrogen-bond donors (Lipinski definition) is 4. The van der Waals surface area contributed by atoms with Gasteiger partial charge in [-0.05, 0) is 97.2 Å². The molecule has 8 heteroatoms. The molecule has 0 aromatic heterocycles. The summed E-state index contributed by atoms with van der Waals surface area (Å²) in [6.07, 6.45) is 1.96. The number of rotatable bonds is 3. The summed E-state index contributed by atoms with van der Waals surface area (Å²) in [5.74, 6) is -0.732. The van der Waals surface area contributed by atoms with Crippen molar-refractivity contribution in [1.82, 2.24) is 0 Å². The Morgan fingerprint density at radius 2 is 1.45 bits per heavy atom. The molecule has 4 saturated carbocycles. The average molecular weight is 615 g/mol. The molecule has 0 amide bonds. The number of carbonyl (C=O) groups is 3. The molecule has 12 atom stereocenters. The van der Waals surface area contributed by atoms with Crippen molar-refractivity contribution >= 4 is 17.5 Å². The predicted octanol–water partition coefficient (Wildman–Crippen LogP) is 4.86. The fraction of sp³-hybridized carbons (Fsp3) is 0.861. The molecular formula is C36H54O8. The minimum Gasteiger partial charge on any atom is -0.479 e. The summed E-state index contributed by atoms with van der Waals surface area (Å²) in [7, 11) is 0. The third-order valence-corrected chi connectivity index (χ3v) is 15.0. The predicted molar refractivity (Wildman–Crippen MR) is 163 cm³/mol. The Hall–Kier alpha value is -1.61. The van der Waals surface area contributed by atoms with Gasteiger partial charge in [-0.3, -0.25) is 9.59 Å². The van der Waals surface area contributed by atoms with Crippen LogP contribution in [-0.2, 0) is 19.1 Å². The highest BCUT2D eigenvalue weighted by atomic mass is 16.6. The minimum atomic E-state index is -1.82. The van der Waals surface area contributed by atoms with E-state index in [1.165, 1.54) is 5.57 Å². The van der Waals surface area contributed by atoms with Crippen LogP contribution in [0.2, 0.25) is 0 Å². The van der Waals surface area contributed by atoms with Crippen molar-refractivity contribution in [1.29, 1.82) is 0 Å². The van der Waals surface area contributed by atoms with Gasteiger partial charge in [0.2, 0.25) is 0 Å². The van der Waals surface area contributed by atoms with E-state index in [9.17, 15) is 34.8 Å². The van der Waals surface area contributed by atoms with E-state index >= 15 is 0 Å². The van der Waals surface area contributed by atoms with Gasteiger partial charge in [-0.2, -0.15) is 0 Å².